The Kier molecular flexibility index (Phi) is 5.74. The highest BCUT2D eigenvalue weighted by atomic mass is 32.1. The van der Waals surface area contributed by atoms with E-state index < -0.39 is 17.7 Å². The smallest absolute Gasteiger partial charge is 0.416 e. The average Bonchev–Trinajstić information content (AvgIpc) is 3.16. The van der Waals surface area contributed by atoms with Crippen LogP contribution < -0.4 is 4.74 Å². The lowest BCUT2D eigenvalue weighted by atomic mass is 10.0. The van der Waals surface area contributed by atoms with Crippen molar-refractivity contribution < 1.29 is 27.8 Å². The van der Waals surface area contributed by atoms with Gasteiger partial charge in [0.2, 0.25) is 0 Å². The minimum Gasteiger partial charge on any atom is -0.485 e. The van der Waals surface area contributed by atoms with Crippen molar-refractivity contribution in [1.82, 2.24) is 0 Å². The van der Waals surface area contributed by atoms with E-state index in [-0.39, 0.29) is 11.0 Å². The van der Waals surface area contributed by atoms with Crippen molar-refractivity contribution in [2.75, 3.05) is 0 Å². The van der Waals surface area contributed by atoms with Crippen molar-refractivity contribution >= 4 is 17.3 Å². The third-order valence-electron chi connectivity index (χ3n) is 4.20. The Labute approximate surface area is 164 Å². The highest BCUT2D eigenvalue weighted by Crippen LogP contribution is 2.33. The predicted molar refractivity (Wildman–Crippen MR) is 102 cm³/mol. The van der Waals surface area contributed by atoms with Gasteiger partial charge in [0, 0.05) is 4.88 Å². The van der Waals surface area contributed by atoms with Crippen LogP contribution in [-0.2, 0) is 6.18 Å². The molecule has 3 nitrogen and oxygen atoms in total. The number of halogens is 3. The van der Waals surface area contributed by atoms with Gasteiger partial charge in [0.1, 0.15) is 16.7 Å². The molecule has 1 unspecified atom stereocenters. The topological polar surface area (TPSA) is 46.5 Å². The van der Waals surface area contributed by atoms with E-state index in [0.29, 0.717) is 17.7 Å². The maximum atomic E-state index is 12.7. The van der Waals surface area contributed by atoms with Gasteiger partial charge in [-0.05, 0) is 53.9 Å². The van der Waals surface area contributed by atoms with Crippen LogP contribution in [0.2, 0.25) is 0 Å². The molecule has 7 heteroatoms. The van der Waals surface area contributed by atoms with Crippen LogP contribution in [-0.4, -0.2) is 11.1 Å². The summed E-state index contributed by atoms with van der Waals surface area (Å²) in [5, 5.41) is 9.05. The van der Waals surface area contributed by atoms with Crippen molar-refractivity contribution in [3.05, 3.63) is 76.0 Å². The third kappa shape index (κ3) is 4.54. The number of carboxylic acid groups (broad SMARTS) is 1. The summed E-state index contributed by atoms with van der Waals surface area (Å²) in [6.07, 6.45) is -3.96. The molecule has 1 aromatic heterocycles. The van der Waals surface area contributed by atoms with Crippen LogP contribution in [0.5, 0.6) is 5.75 Å². The minimum absolute atomic E-state index is 0.259. The van der Waals surface area contributed by atoms with Crippen molar-refractivity contribution in [3.8, 4) is 16.9 Å². The molecule has 0 fully saturated rings. The second-order valence-electron chi connectivity index (χ2n) is 6.12. The van der Waals surface area contributed by atoms with Gasteiger partial charge in [-0.2, -0.15) is 13.2 Å². The van der Waals surface area contributed by atoms with Crippen molar-refractivity contribution in [2.24, 2.45) is 0 Å². The van der Waals surface area contributed by atoms with Crippen LogP contribution >= 0.6 is 11.3 Å². The Bertz CT molecular complexity index is 944. The molecular weight excluding hydrogens is 389 g/mol. The van der Waals surface area contributed by atoms with E-state index in [2.05, 4.69) is 0 Å². The van der Waals surface area contributed by atoms with Crippen molar-refractivity contribution in [3.63, 3.8) is 0 Å². The van der Waals surface area contributed by atoms with Gasteiger partial charge in [0.15, 0.2) is 0 Å². The van der Waals surface area contributed by atoms with E-state index in [1.165, 1.54) is 23.5 Å². The number of hydrogen-bond acceptors (Lipinski definition) is 3. The fourth-order valence-corrected chi connectivity index (χ4v) is 3.68. The minimum atomic E-state index is -4.35. The first kappa shape index (κ1) is 19.9. The molecule has 3 aromatic rings. The number of hydrogen-bond donors (Lipinski definition) is 1. The number of rotatable bonds is 6. The van der Waals surface area contributed by atoms with Gasteiger partial charge < -0.3 is 9.84 Å². The van der Waals surface area contributed by atoms with Gasteiger partial charge in [-0.1, -0.05) is 31.2 Å². The van der Waals surface area contributed by atoms with Gasteiger partial charge in [-0.15, -0.1) is 11.3 Å². The zero-order chi connectivity index (χ0) is 20.3. The zero-order valence-corrected chi connectivity index (χ0v) is 15.7. The maximum absolute atomic E-state index is 12.7. The van der Waals surface area contributed by atoms with Gasteiger partial charge in [-0.25, -0.2) is 4.79 Å². The Hall–Kier alpha value is -2.80. The van der Waals surface area contributed by atoms with Crippen LogP contribution in [0, 0.1) is 0 Å². The summed E-state index contributed by atoms with van der Waals surface area (Å²) in [4.78, 5) is 12.1. The van der Waals surface area contributed by atoms with Crippen LogP contribution in [0.1, 0.15) is 39.6 Å². The second kappa shape index (κ2) is 8.06. The molecular formula is C21H17F3O3S. The van der Waals surface area contributed by atoms with Crippen molar-refractivity contribution in [2.45, 2.75) is 25.6 Å². The SMILES string of the molecule is CCC(Oc1ccc(-c2ccc(C(F)(F)F)cc2)cc1)c1ccc(C(=O)O)s1. The Morgan fingerprint density at radius 3 is 2.04 bits per heavy atom. The van der Waals surface area contributed by atoms with Gasteiger partial charge >= 0.3 is 12.1 Å². The number of aromatic carboxylic acids is 1. The molecule has 28 heavy (non-hydrogen) atoms. The molecule has 1 N–H and O–H groups in total. The first-order valence-corrected chi connectivity index (χ1v) is 9.37. The molecule has 0 saturated carbocycles. The second-order valence-corrected chi connectivity index (χ2v) is 7.24. The van der Waals surface area contributed by atoms with Gasteiger partial charge in [-0.3, -0.25) is 0 Å². The van der Waals surface area contributed by atoms with Crippen LogP contribution in [0.4, 0.5) is 13.2 Å². The number of thiophene rings is 1. The molecule has 1 heterocycles. The summed E-state index contributed by atoms with van der Waals surface area (Å²) in [6, 6.07) is 15.4. The summed E-state index contributed by atoms with van der Waals surface area (Å²) >= 11 is 1.18. The lowest BCUT2D eigenvalue weighted by Crippen LogP contribution is -2.04. The van der Waals surface area contributed by atoms with Gasteiger partial charge in [0.05, 0.1) is 5.56 Å². The maximum Gasteiger partial charge on any atom is 0.416 e. The van der Waals surface area contributed by atoms with E-state index in [1.54, 1.807) is 36.4 Å². The van der Waals surface area contributed by atoms with Crippen LogP contribution in [0.3, 0.4) is 0 Å². The van der Waals surface area contributed by atoms with Gasteiger partial charge in [0.25, 0.3) is 0 Å². The summed E-state index contributed by atoms with van der Waals surface area (Å²) in [5.74, 6) is -0.361. The number of ether oxygens (including phenoxy) is 1. The molecule has 0 radical (unpaired) electrons. The zero-order valence-electron chi connectivity index (χ0n) is 14.9. The number of benzene rings is 2. The monoisotopic (exact) mass is 406 g/mol. The molecule has 146 valence electrons. The molecule has 0 bridgehead atoms. The van der Waals surface area contributed by atoms with E-state index in [9.17, 15) is 18.0 Å². The highest BCUT2D eigenvalue weighted by Gasteiger charge is 2.29. The number of carbonyl (C=O) groups is 1. The van der Waals surface area contributed by atoms with E-state index >= 15 is 0 Å². The molecule has 0 amide bonds. The summed E-state index contributed by atoms with van der Waals surface area (Å²) in [7, 11) is 0. The predicted octanol–water partition coefficient (Wildman–Crippen LogP) is 6.66. The fraction of sp³-hybridized carbons (Fsp3) is 0.190. The third-order valence-corrected chi connectivity index (χ3v) is 5.37. The quantitative estimate of drug-likeness (QED) is 0.498. The molecule has 3 rings (SSSR count). The summed E-state index contributed by atoms with van der Waals surface area (Å²) < 4.78 is 44.0. The lowest BCUT2D eigenvalue weighted by molar-refractivity contribution is -0.137. The van der Waals surface area contributed by atoms with Crippen LogP contribution in [0.15, 0.2) is 60.7 Å². The van der Waals surface area contributed by atoms with Crippen LogP contribution in [0.25, 0.3) is 11.1 Å². The largest absolute Gasteiger partial charge is 0.485 e. The molecule has 0 aliphatic heterocycles. The number of carboxylic acids is 1. The standard InChI is InChI=1S/C21H17F3O3S/c1-2-17(18-11-12-19(28-18)20(25)26)27-16-9-5-14(6-10-16)13-3-7-15(8-4-13)21(22,23)24/h3-12,17H,2H2,1H3,(H,25,26). The fourth-order valence-electron chi connectivity index (χ4n) is 2.73. The molecule has 2 aromatic carbocycles. The van der Waals surface area contributed by atoms with E-state index in [4.69, 9.17) is 9.84 Å². The normalized spacial score (nSPS) is 12.6. The Morgan fingerprint density at radius 2 is 1.57 bits per heavy atom. The van der Waals surface area contributed by atoms with Crippen molar-refractivity contribution in [1.29, 1.82) is 0 Å². The summed E-state index contributed by atoms with van der Waals surface area (Å²) in [5.41, 5.74) is 0.771. The molecule has 1 atom stereocenters. The highest BCUT2D eigenvalue weighted by molar-refractivity contribution is 7.14. The summed E-state index contributed by atoms with van der Waals surface area (Å²) in [6.45, 7) is 1.95. The van der Waals surface area contributed by atoms with E-state index in [0.717, 1.165) is 22.6 Å². The Morgan fingerprint density at radius 1 is 1.00 bits per heavy atom. The molecule has 0 spiro atoms. The lowest BCUT2D eigenvalue weighted by Gasteiger charge is -2.16. The molecule has 0 aliphatic carbocycles. The Balaban J connectivity index is 1.73. The average molecular weight is 406 g/mol. The number of alkyl halides is 3. The first-order valence-electron chi connectivity index (χ1n) is 8.55. The van der Waals surface area contributed by atoms with E-state index in [1.807, 2.05) is 6.92 Å². The first-order chi connectivity index (χ1) is 13.3. The molecule has 0 saturated heterocycles. The molecule has 0 aliphatic rings.